The number of hydrogen-bond acceptors (Lipinski definition) is 6. The molecule has 2 bridgehead atoms. The molecule has 29 heavy (non-hydrogen) atoms. The molecular weight excluding hydrogens is 403 g/mol. The topological polar surface area (TPSA) is 55.2 Å². The van der Waals surface area contributed by atoms with E-state index < -0.39 is 12.7 Å². The van der Waals surface area contributed by atoms with E-state index in [1.54, 1.807) is 10.7 Å². The molecule has 2 atom stereocenters. The highest BCUT2D eigenvalue weighted by Gasteiger charge is 2.37. The molecule has 6 nitrogen and oxygen atoms in total. The van der Waals surface area contributed by atoms with E-state index in [1.165, 1.54) is 11.8 Å². The maximum Gasteiger partial charge on any atom is 0.405 e. The van der Waals surface area contributed by atoms with Gasteiger partial charge >= 0.3 is 6.18 Å². The summed E-state index contributed by atoms with van der Waals surface area (Å²) >= 11 is 1.53. The Bertz CT molecular complexity index is 837. The molecule has 2 aromatic heterocycles. The minimum absolute atomic E-state index is 0.249. The number of nitrogens with one attached hydrogen (secondary N) is 1. The van der Waals surface area contributed by atoms with Gasteiger partial charge in [0.2, 0.25) is 0 Å². The van der Waals surface area contributed by atoms with Crippen LogP contribution in [0.4, 0.5) is 24.7 Å². The van der Waals surface area contributed by atoms with Crippen LogP contribution in [0.15, 0.2) is 23.2 Å². The summed E-state index contributed by atoms with van der Waals surface area (Å²) in [5.41, 5.74) is 2.69. The zero-order chi connectivity index (χ0) is 20.6. The largest absolute Gasteiger partial charge is 0.405 e. The van der Waals surface area contributed by atoms with Gasteiger partial charge < -0.3 is 15.0 Å². The van der Waals surface area contributed by atoms with Gasteiger partial charge in [-0.1, -0.05) is 11.8 Å². The molecule has 0 aliphatic carbocycles. The van der Waals surface area contributed by atoms with Crippen molar-refractivity contribution >= 4 is 23.3 Å². The number of rotatable bonds is 6. The van der Waals surface area contributed by atoms with Gasteiger partial charge in [-0.05, 0) is 31.9 Å². The standard InChI is InChI=1S/C19H24F3N5OS/c1-12-5-18(25-26(12)2)29-10-13-6-16(7-17(24-13)23-11-19(20,21)22)27-14-3-4-15(27)9-28-8-14/h5-7,14-15H,3-4,8-11H2,1-2H3,(H,23,24). The van der Waals surface area contributed by atoms with Crippen LogP contribution < -0.4 is 10.2 Å². The SMILES string of the molecule is Cc1cc(SCc2cc(N3C4CCC3COC4)cc(NCC(F)(F)F)n2)nn1C. The van der Waals surface area contributed by atoms with E-state index in [0.29, 0.717) is 19.0 Å². The second-order valence-corrected chi connectivity index (χ2v) is 8.53. The second kappa shape index (κ2) is 8.06. The van der Waals surface area contributed by atoms with Crippen LogP contribution in [0, 0.1) is 6.92 Å². The van der Waals surface area contributed by atoms with Crippen molar-refractivity contribution in [1.82, 2.24) is 14.8 Å². The average Bonchev–Trinajstić information content (AvgIpc) is 3.12. The minimum atomic E-state index is -4.30. The number of fused-ring (bicyclic) bond motifs is 2. The zero-order valence-electron chi connectivity index (χ0n) is 16.4. The number of hydrogen-bond donors (Lipinski definition) is 1. The van der Waals surface area contributed by atoms with Crippen molar-refractivity contribution in [3.05, 3.63) is 29.6 Å². The number of alkyl halides is 3. The van der Waals surface area contributed by atoms with Crippen molar-refractivity contribution in [2.45, 2.75) is 48.8 Å². The normalized spacial score (nSPS) is 21.6. The van der Waals surface area contributed by atoms with Crippen molar-refractivity contribution in [3.8, 4) is 0 Å². The molecule has 2 unspecified atom stereocenters. The lowest BCUT2D eigenvalue weighted by Crippen LogP contribution is -2.46. The zero-order valence-corrected chi connectivity index (χ0v) is 17.2. The summed E-state index contributed by atoms with van der Waals surface area (Å²) in [6.07, 6.45) is -2.22. The van der Waals surface area contributed by atoms with E-state index in [-0.39, 0.29) is 17.9 Å². The van der Waals surface area contributed by atoms with Crippen LogP contribution in [0.2, 0.25) is 0 Å². The fourth-order valence-electron chi connectivity index (χ4n) is 3.87. The molecule has 10 heteroatoms. The number of nitrogens with zero attached hydrogens (tertiary/aromatic N) is 4. The predicted octanol–water partition coefficient (Wildman–Crippen LogP) is 3.76. The Morgan fingerprint density at radius 1 is 1.21 bits per heavy atom. The van der Waals surface area contributed by atoms with Crippen molar-refractivity contribution < 1.29 is 17.9 Å². The van der Waals surface area contributed by atoms with E-state index in [1.807, 2.05) is 26.1 Å². The number of pyridine rings is 1. The fraction of sp³-hybridized carbons (Fsp3) is 0.579. The van der Waals surface area contributed by atoms with Crippen LogP contribution in [-0.2, 0) is 17.5 Å². The molecular formula is C19H24F3N5OS. The highest BCUT2D eigenvalue weighted by atomic mass is 32.2. The first kappa shape index (κ1) is 20.3. The number of halogens is 3. The lowest BCUT2D eigenvalue weighted by Gasteiger charge is -2.37. The summed E-state index contributed by atoms with van der Waals surface area (Å²) in [5, 5.41) is 7.74. The third kappa shape index (κ3) is 4.80. The molecule has 4 heterocycles. The molecule has 2 saturated heterocycles. The molecule has 4 rings (SSSR count). The molecule has 0 saturated carbocycles. The van der Waals surface area contributed by atoms with Crippen LogP contribution >= 0.6 is 11.8 Å². The Balaban J connectivity index is 1.57. The minimum Gasteiger partial charge on any atom is -0.377 e. The van der Waals surface area contributed by atoms with Gasteiger partial charge in [0.05, 0.1) is 31.0 Å². The van der Waals surface area contributed by atoms with Crippen LogP contribution in [0.5, 0.6) is 0 Å². The maximum absolute atomic E-state index is 12.7. The third-order valence-corrected chi connectivity index (χ3v) is 6.27. The van der Waals surface area contributed by atoms with Crippen molar-refractivity contribution in [3.63, 3.8) is 0 Å². The van der Waals surface area contributed by atoms with Crippen molar-refractivity contribution in [2.75, 3.05) is 30.0 Å². The van der Waals surface area contributed by atoms with Crippen molar-refractivity contribution in [1.29, 1.82) is 0 Å². The van der Waals surface area contributed by atoms with Crippen LogP contribution in [0.25, 0.3) is 0 Å². The lowest BCUT2D eigenvalue weighted by atomic mass is 10.2. The van der Waals surface area contributed by atoms with Gasteiger partial charge in [0, 0.05) is 30.2 Å². The van der Waals surface area contributed by atoms with Gasteiger partial charge in [0.25, 0.3) is 0 Å². The molecule has 2 aromatic rings. The number of aryl methyl sites for hydroxylation is 2. The molecule has 0 radical (unpaired) electrons. The average molecular weight is 427 g/mol. The third-order valence-electron chi connectivity index (χ3n) is 5.33. The fourth-order valence-corrected chi connectivity index (χ4v) is 4.75. The van der Waals surface area contributed by atoms with E-state index in [9.17, 15) is 13.2 Å². The number of aromatic nitrogens is 3. The van der Waals surface area contributed by atoms with Crippen LogP contribution in [0.1, 0.15) is 24.2 Å². The molecule has 0 spiro atoms. The Morgan fingerprint density at radius 2 is 1.93 bits per heavy atom. The highest BCUT2D eigenvalue weighted by molar-refractivity contribution is 7.98. The van der Waals surface area contributed by atoms with Gasteiger partial charge in [-0.15, -0.1) is 0 Å². The number of ether oxygens (including phenoxy) is 1. The van der Waals surface area contributed by atoms with Gasteiger partial charge in [0.15, 0.2) is 0 Å². The first-order valence-corrected chi connectivity index (χ1v) is 10.6. The molecule has 0 amide bonds. The number of anilines is 2. The predicted molar refractivity (Wildman–Crippen MR) is 106 cm³/mol. The van der Waals surface area contributed by atoms with E-state index in [2.05, 4.69) is 20.3 Å². The quantitative estimate of drug-likeness (QED) is 0.709. The van der Waals surface area contributed by atoms with Gasteiger partial charge in [-0.2, -0.15) is 18.3 Å². The Hall–Kier alpha value is -1.94. The number of morpholine rings is 1. The summed E-state index contributed by atoms with van der Waals surface area (Å²) in [6, 6.07) is 6.23. The van der Waals surface area contributed by atoms with Crippen molar-refractivity contribution in [2.24, 2.45) is 7.05 Å². The Morgan fingerprint density at radius 3 is 2.55 bits per heavy atom. The molecule has 2 aliphatic heterocycles. The van der Waals surface area contributed by atoms with E-state index in [0.717, 1.165) is 34.9 Å². The van der Waals surface area contributed by atoms with Crippen LogP contribution in [-0.4, -0.2) is 52.8 Å². The molecule has 0 aromatic carbocycles. The summed E-state index contributed by atoms with van der Waals surface area (Å²) in [7, 11) is 1.88. The highest BCUT2D eigenvalue weighted by Crippen LogP contribution is 2.36. The molecule has 158 valence electrons. The summed E-state index contributed by atoms with van der Waals surface area (Å²) in [4.78, 5) is 6.72. The van der Waals surface area contributed by atoms with Gasteiger partial charge in [-0.25, -0.2) is 4.98 Å². The van der Waals surface area contributed by atoms with Gasteiger partial charge in [-0.3, -0.25) is 4.68 Å². The summed E-state index contributed by atoms with van der Waals surface area (Å²) in [5.74, 6) is 0.781. The van der Waals surface area contributed by atoms with Gasteiger partial charge in [0.1, 0.15) is 17.4 Å². The first-order chi connectivity index (χ1) is 13.8. The lowest BCUT2D eigenvalue weighted by molar-refractivity contribution is -0.115. The summed E-state index contributed by atoms with van der Waals surface area (Å²) in [6.45, 7) is 2.18. The Labute approximate surface area is 171 Å². The smallest absolute Gasteiger partial charge is 0.377 e. The molecule has 1 N–H and O–H groups in total. The van der Waals surface area contributed by atoms with Crippen LogP contribution in [0.3, 0.4) is 0 Å². The van der Waals surface area contributed by atoms with E-state index in [4.69, 9.17) is 4.74 Å². The summed E-state index contributed by atoms with van der Waals surface area (Å²) < 4.78 is 45.6. The second-order valence-electron chi connectivity index (χ2n) is 7.54. The number of thioether (sulfide) groups is 1. The molecule has 2 fully saturated rings. The Kier molecular flexibility index (Phi) is 5.65. The van der Waals surface area contributed by atoms with E-state index >= 15 is 0 Å². The maximum atomic E-state index is 12.7. The molecule has 2 aliphatic rings. The first-order valence-electron chi connectivity index (χ1n) is 9.59. The monoisotopic (exact) mass is 427 g/mol.